The van der Waals surface area contributed by atoms with Gasteiger partial charge in [-0.15, -0.1) is 0 Å². The van der Waals surface area contributed by atoms with Gasteiger partial charge in [-0.1, -0.05) is 83.9 Å². The van der Waals surface area contributed by atoms with Gasteiger partial charge in [-0.2, -0.15) is 0 Å². The van der Waals surface area contributed by atoms with Gasteiger partial charge in [0.05, 0.1) is 15.6 Å². The van der Waals surface area contributed by atoms with Crippen LogP contribution >= 0.6 is 23.2 Å². The van der Waals surface area contributed by atoms with E-state index in [1.165, 1.54) is 59.5 Å². The first-order valence-electron chi connectivity index (χ1n) is 13.5. The number of amides is 2. The van der Waals surface area contributed by atoms with E-state index in [4.69, 9.17) is 23.2 Å². The summed E-state index contributed by atoms with van der Waals surface area (Å²) in [6.07, 6.45) is 0.159. The number of nitrogens with zero attached hydrogens (tertiary/aromatic N) is 2. The van der Waals surface area contributed by atoms with Crippen LogP contribution < -0.4 is 9.62 Å². The molecule has 2 amide bonds. The molecule has 0 bridgehead atoms. The number of likely N-dealkylation sites (N-methyl/N-ethyl adjacent to an activating group) is 1. The minimum atomic E-state index is -4.30. The van der Waals surface area contributed by atoms with E-state index in [0.717, 1.165) is 9.87 Å². The normalized spacial score (nSPS) is 11.9. The Bertz CT molecular complexity index is 1660. The van der Waals surface area contributed by atoms with Crippen LogP contribution in [-0.4, -0.2) is 44.3 Å². The average Bonchev–Trinajstić information content (AvgIpc) is 3.00. The Balaban J connectivity index is 1.81. The molecule has 0 aliphatic rings. The lowest BCUT2D eigenvalue weighted by Gasteiger charge is -2.34. The summed E-state index contributed by atoms with van der Waals surface area (Å²) in [5, 5.41) is 3.10. The Hall–Kier alpha value is -3.92. The van der Waals surface area contributed by atoms with E-state index in [9.17, 15) is 22.4 Å². The van der Waals surface area contributed by atoms with Crippen LogP contribution in [0, 0.1) is 5.82 Å². The molecular formula is C32H30Cl2FN3O4S. The molecule has 4 aromatic rings. The fourth-order valence-electron chi connectivity index (χ4n) is 4.55. The van der Waals surface area contributed by atoms with E-state index < -0.39 is 40.2 Å². The first kappa shape index (κ1) is 32.0. The molecule has 0 aliphatic heterocycles. The number of hydrogen-bond donors (Lipinski definition) is 1. The van der Waals surface area contributed by atoms with E-state index >= 15 is 0 Å². The third-order valence-electron chi connectivity index (χ3n) is 6.68. The number of hydrogen-bond acceptors (Lipinski definition) is 4. The standard InChI is InChI=1S/C32H30Cl2FN3O4S/c1-2-36-32(40)30(19-23-9-5-3-6-10-23)37(21-24-13-16-26(35)17-14-24)31(39)22-38(29-18-15-25(33)20-28(29)34)43(41,42)27-11-7-4-8-12-27/h3-18,20,30H,2,19,21-22H2,1H3,(H,36,40). The number of benzene rings is 4. The molecule has 4 rings (SSSR count). The maximum atomic E-state index is 14.3. The molecule has 1 atom stereocenters. The predicted octanol–water partition coefficient (Wildman–Crippen LogP) is 6.10. The quantitative estimate of drug-likeness (QED) is 0.202. The number of rotatable bonds is 12. The topological polar surface area (TPSA) is 86.8 Å². The van der Waals surface area contributed by atoms with Crippen molar-refractivity contribution in [2.75, 3.05) is 17.4 Å². The molecule has 0 heterocycles. The van der Waals surface area contributed by atoms with Crippen molar-refractivity contribution in [1.29, 1.82) is 0 Å². The Morgan fingerprint density at radius 1 is 0.860 bits per heavy atom. The molecule has 224 valence electrons. The monoisotopic (exact) mass is 641 g/mol. The van der Waals surface area contributed by atoms with Crippen LogP contribution in [0.5, 0.6) is 0 Å². The molecule has 7 nitrogen and oxygen atoms in total. The zero-order valence-electron chi connectivity index (χ0n) is 23.3. The fraction of sp³-hybridized carbons (Fsp3) is 0.188. The van der Waals surface area contributed by atoms with E-state index in [1.54, 1.807) is 25.1 Å². The lowest BCUT2D eigenvalue weighted by atomic mass is 10.0. The first-order chi connectivity index (χ1) is 20.6. The molecule has 0 radical (unpaired) electrons. The van der Waals surface area contributed by atoms with Crippen LogP contribution in [0.2, 0.25) is 10.0 Å². The van der Waals surface area contributed by atoms with Crippen molar-refractivity contribution in [3.8, 4) is 0 Å². The first-order valence-corrected chi connectivity index (χ1v) is 15.7. The van der Waals surface area contributed by atoms with Crippen molar-refractivity contribution in [3.63, 3.8) is 0 Å². The summed E-state index contributed by atoms with van der Waals surface area (Å²) in [6, 6.07) is 25.7. The van der Waals surface area contributed by atoms with Crippen LogP contribution in [0.1, 0.15) is 18.1 Å². The zero-order valence-corrected chi connectivity index (χ0v) is 25.6. The molecule has 0 spiro atoms. The number of sulfonamides is 1. The molecule has 0 saturated carbocycles. The second-order valence-electron chi connectivity index (χ2n) is 9.67. The third-order valence-corrected chi connectivity index (χ3v) is 8.99. The predicted molar refractivity (Wildman–Crippen MR) is 167 cm³/mol. The van der Waals surface area contributed by atoms with Gasteiger partial charge in [0.15, 0.2) is 0 Å². The Labute approximate surface area is 260 Å². The van der Waals surface area contributed by atoms with Crippen molar-refractivity contribution < 1.29 is 22.4 Å². The van der Waals surface area contributed by atoms with Crippen molar-refractivity contribution in [1.82, 2.24) is 10.2 Å². The van der Waals surface area contributed by atoms with Gasteiger partial charge in [-0.05, 0) is 60.5 Å². The SMILES string of the molecule is CCNC(=O)C(Cc1ccccc1)N(Cc1ccc(F)cc1)C(=O)CN(c1ccc(Cl)cc1Cl)S(=O)(=O)c1ccccc1. The van der Waals surface area contributed by atoms with E-state index in [0.29, 0.717) is 12.1 Å². The lowest BCUT2D eigenvalue weighted by molar-refractivity contribution is -0.140. The number of halogens is 3. The van der Waals surface area contributed by atoms with Crippen LogP contribution in [-0.2, 0) is 32.6 Å². The second kappa shape index (κ2) is 14.5. The molecule has 4 aromatic carbocycles. The highest BCUT2D eigenvalue weighted by molar-refractivity contribution is 7.92. The van der Waals surface area contributed by atoms with Gasteiger partial charge in [0, 0.05) is 24.5 Å². The molecule has 43 heavy (non-hydrogen) atoms. The molecule has 0 aromatic heterocycles. The average molecular weight is 643 g/mol. The maximum absolute atomic E-state index is 14.3. The summed E-state index contributed by atoms with van der Waals surface area (Å²) in [4.78, 5) is 29.0. The van der Waals surface area contributed by atoms with Gasteiger partial charge in [0.1, 0.15) is 18.4 Å². The molecule has 1 N–H and O–H groups in total. The van der Waals surface area contributed by atoms with Gasteiger partial charge in [-0.25, -0.2) is 12.8 Å². The van der Waals surface area contributed by atoms with E-state index in [-0.39, 0.29) is 33.6 Å². The minimum Gasteiger partial charge on any atom is -0.355 e. The van der Waals surface area contributed by atoms with Crippen molar-refractivity contribution in [2.24, 2.45) is 0 Å². The highest BCUT2D eigenvalue weighted by atomic mass is 35.5. The summed E-state index contributed by atoms with van der Waals surface area (Å²) >= 11 is 12.6. The highest BCUT2D eigenvalue weighted by Crippen LogP contribution is 2.33. The fourth-order valence-corrected chi connectivity index (χ4v) is 6.56. The zero-order chi connectivity index (χ0) is 31.0. The number of nitrogens with one attached hydrogen (secondary N) is 1. The molecule has 0 saturated heterocycles. The summed E-state index contributed by atoms with van der Waals surface area (Å²) in [5.74, 6) is -1.53. The summed E-state index contributed by atoms with van der Waals surface area (Å²) < 4.78 is 42.6. The third kappa shape index (κ3) is 8.13. The van der Waals surface area contributed by atoms with Gasteiger partial charge >= 0.3 is 0 Å². The summed E-state index contributed by atoms with van der Waals surface area (Å²) in [7, 11) is -4.30. The van der Waals surface area contributed by atoms with Crippen molar-refractivity contribution >= 4 is 50.7 Å². The second-order valence-corrected chi connectivity index (χ2v) is 12.4. The Morgan fingerprint density at radius 2 is 1.49 bits per heavy atom. The Morgan fingerprint density at radius 3 is 2.09 bits per heavy atom. The minimum absolute atomic E-state index is 0.0226. The Kier molecular flexibility index (Phi) is 10.8. The van der Waals surface area contributed by atoms with Crippen molar-refractivity contribution in [2.45, 2.75) is 30.8 Å². The smallest absolute Gasteiger partial charge is 0.264 e. The van der Waals surface area contributed by atoms with Crippen LogP contribution in [0.3, 0.4) is 0 Å². The summed E-state index contributed by atoms with van der Waals surface area (Å²) in [6.45, 7) is 1.32. The van der Waals surface area contributed by atoms with Gasteiger partial charge in [0.2, 0.25) is 11.8 Å². The lowest BCUT2D eigenvalue weighted by Crippen LogP contribution is -2.53. The highest BCUT2D eigenvalue weighted by Gasteiger charge is 2.35. The maximum Gasteiger partial charge on any atom is 0.264 e. The largest absolute Gasteiger partial charge is 0.355 e. The van der Waals surface area contributed by atoms with E-state index in [1.807, 2.05) is 30.3 Å². The molecule has 11 heteroatoms. The van der Waals surface area contributed by atoms with Crippen LogP contribution in [0.4, 0.5) is 10.1 Å². The molecule has 1 unspecified atom stereocenters. The number of carbonyl (C=O) groups excluding carboxylic acids is 2. The molecule has 0 aliphatic carbocycles. The van der Waals surface area contributed by atoms with Gasteiger partial charge in [-0.3, -0.25) is 13.9 Å². The van der Waals surface area contributed by atoms with E-state index in [2.05, 4.69) is 5.32 Å². The van der Waals surface area contributed by atoms with Crippen LogP contribution in [0.25, 0.3) is 0 Å². The summed E-state index contributed by atoms with van der Waals surface area (Å²) in [5.41, 5.74) is 1.40. The molecular weight excluding hydrogens is 612 g/mol. The van der Waals surface area contributed by atoms with Crippen LogP contribution in [0.15, 0.2) is 108 Å². The number of anilines is 1. The molecule has 0 fully saturated rings. The van der Waals surface area contributed by atoms with Gasteiger partial charge in [0.25, 0.3) is 10.0 Å². The van der Waals surface area contributed by atoms with Crippen molar-refractivity contribution in [3.05, 3.63) is 130 Å². The number of carbonyl (C=O) groups is 2. The van der Waals surface area contributed by atoms with Gasteiger partial charge < -0.3 is 10.2 Å².